The summed E-state index contributed by atoms with van der Waals surface area (Å²) in [5.74, 6) is -1.27. The number of hydrogen-bond donors (Lipinski definition) is 4. The zero-order chi connectivity index (χ0) is 14.6. The summed E-state index contributed by atoms with van der Waals surface area (Å²) < 4.78 is 18.9. The third-order valence-electron chi connectivity index (χ3n) is 2.56. The summed E-state index contributed by atoms with van der Waals surface area (Å²) in [4.78, 5) is 22.3. The highest BCUT2D eigenvalue weighted by atomic mass is 16.6. The number of ether oxygens (including phenoxy) is 1. The van der Waals surface area contributed by atoms with Crippen molar-refractivity contribution in [1.29, 1.82) is 0 Å². The largest absolute Gasteiger partial charge is 0.389 e. The van der Waals surface area contributed by atoms with Crippen LogP contribution in [0.25, 0.3) is 0 Å². The van der Waals surface area contributed by atoms with Gasteiger partial charge in [0.2, 0.25) is 11.8 Å². The predicted molar refractivity (Wildman–Crippen MR) is 57.8 cm³/mol. The second-order valence-corrected chi connectivity index (χ2v) is 3.91. The maximum atomic E-state index is 11.2. The standard InChI is InChI=1S/C10H18N2O5/c1-4-7(11-5(2)13)9(15)8(10(16)17-4)12-6(3)14/h4,7-10,15-16H,1-3H3,(H,11,13)(H,12,14)/t4-,7-,8-,9+,10?/m1/s1/i2D,3D. The number of hydrogen-bond acceptors (Lipinski definition) is 5. The van der Waals surface area contributed by atoms with E-state index in [1.165, 1.54) is 0 Å². The zero-order valence-electron chi connectivity index (χ0n) is 11.4. The number of aliphatic hydroxyl groups is 2. The lowest BCUT2D eigenvalue weighted by molar-refractivity contribution is -0.214. The van der Waals surface area contributed by atoms with Crippen LogP contribution in [0, 0.1) is 0 Å². The molecule has 7 nitrogen and oxygen atoms in total. The Morgan fingerprint density at radius 2 is 1.71 bits per heavy atom. The summed E-state index contributed by atoms with van der Waals surface area (Å²) in [6.45, 7) is 0.501. The van der Waals surface area contributed by atoms with Gasteiger partial charge >= 0.3 is 0 Å². The molecule has 17 heavy (non-hydrogen) atoms. The van der Waals surface area contributed by atoms with Crippen molar-refractivity contribution in [2.45, 2.75) is 51.3 Å². The molecule has 0 bridgehead atoms. The van der Waals surface area contributed by atoms with Crippen molar-refractivity contribution in [3.63, 3.8) is 0 Å². The van der Waals surface area contributed by atoms with Crippen molar-refractivity contribution in [3.05, 3.63) is 0 Å². The van der Waals surface area contributed by atoms with Crippen LogP contribution in [0.1, 0.15) is 23.5 Å². The maximum Gasteiger partial charge on any atom is 0.217 e. The average molecular weight is 248 g/mol. The molecule has 0 aromatic rings. The summed E-state index contributed by atoms with van der Waals surface area (Å²) in [6, 6.07) is -1.98. The van der Waals surface area contributed by atoms with Crippen LogP contribution >= 0.6 is 0 Å². The van der Waals surface area contributed by atoms with Crippen LogP contribution in [-0.4, -0.2) is 52.6 Å². The molecule has 0 aromatic heterocycles. The summed E-state index contributed by atoms with van der Waals surface area (Å²) in [6.07, 6.45) is -3.38. The monoisotopic (exact) mass is 248 g/mol. The van der Waals surface area contributed by atoms with Crippen LogP contribution in [0.4, 0.5) is 0 Å². The summed E-state index contributed by atoms with van der Waals surface area (Å²) in [5.41, 5.74) is 0. The van der Waals surface area contributed by atoms with Gasteiger partial charge < -0.3 is 25.6 Å². The van der Waals surface area contributed by atoms with Gasteiger partial charge in [-0.2, -0.15) is 0 Å². The minimum absolute atomic E-state index is 0.498. The van der Waals surface area contributed by atoms with Gasteiger partial charge in [0.25, 0.3) is 0 Å². The number of amides is 2. The van der Waals surface area contributed by atoms with E-state index in [1.54, 1.807) is 6.92 Å². The van der Waals surface area contributed by atoms with Gasteiger partial charge in [-0.15, -0.1) is 0 Å². The number of rotatable bonds is 2. The van der Waals surface area contributed by atoms with Crippen molar-refractivity contribution in [2.24, 2.45) is 0 Å². The van der Waals surface area contributed by atoms with E-state index in [1.807, 2.05) is 0 Å². The molecular weight excluding hydrogens is 228 g/mol. The second kappa shape index (κ2) is 5.44. The quantitative estimate of drug-likeness (QED) is 0.456. The van der Waals surface area contributed by atoms with Gasteiger partial charge in [0, 0.05) is 16.5 Å². The molecule has 2 amide bonds. The average Bonchev–Trinajstić information content (AvgIpc) is 2.38. The lowest BCUT2D eigenvalue weighted by Crippen LogP contribution is -2.66. The highest BCUT2D eigenvalue weighted by molar-refractivity contribution is 5.74. The topological polar surface area (TPSA) is 108 Å². The molecule has 1 heterocycles. The van der Waals surface area contributed by atoms with Crippen LogP contribution in [0.5, 0.6) is 0 Å². The highest BCUT2D eigenvalue weighted by Crippen LogP contribution is 2.19. The van der Waals surface area contributed by atoms with Gasteiger partial charge in [0.1, 0.15) is 12.1 Å². The van der Waals surface area contributed by atoms with Crippen molar-refractivity contribution < 1.29 is 27.3 Å². The van der Waals surface area contributed by atoms with Crippen molar-refractivity contribution in [2.75, 3.05) is 0 Å². The van der Waals surface area contributed by atoms with Gasteiger partial charge in [0.05, 0.1) is 12.1 Å². The molecule has 0 aromatic carbocycles. The smallest absolute Gasteiger partial charge is 0.217 e. The number of carbonyl (C=O) groups is 2. The van der Waals surface area contributed by atoms with Gasteiger partial charge in [-0.25, -0.2) is 0 Å². The molecule has 1 aliphatic heterocycles. The van der Waals surface area contributed by atoms with Crippen molar-refractivity contribution in [3.8, 4) is 0 Å². The molecule has 98 valence electrons. The van der Waals surface area contributed by atoms with E-state index in [9.17, 15) is 19.8 Å². The molecule has 1 unspecified atom stereocenters. The Balaban J connectivity index is 2.77. The molecule has 0 radical (unpaired) electrons. The molecular formula is C10H18N2O5. The molecule has 0 saturated carbocycles. The highest BCUT2D eigenvalue weighted by Gasteiger charge is 2.43. The third-order valence-corrected chi connectivity index (χ3v) is 2.56. The summed E-state index contributed by atoms with van der Waals surface area (Å²) in [7, 11) is 0. The molecule has 1 rings (SSSR count). The fourth-order valence-corrected chi connectivity index (χ4v) is 1.79. The molecule has 4 N–H and O–H groups in total. The van der Waals surface area contributed by atoms with Gasteiger partial charge in [0.15, 0.2) is 6.29 Å². The first-order chi connectivity index (χ1) is 8.90. The van der Waals surface area contributed by atoms with Crippen molar-refractivity contribution >= 4 is 11.8 Å². The van der Waals surface area contributed by atoms with E-state index in [-0.39, 0.29) is 0 Å². The minimum Gasteiger partial charge on any atom is -0.389 e. The molecule has 0 aliphatic carbocycles. The maximum absolute atomic E-state index is 11.2. The molecule has 1 saturated heterocycles. The molecule has 0 spiro atoms. The Kier molecular flexibility index (Phi) is 3.50. The van der Waals surface area contributed by atoms with E-state index in [0.717, 1.165) is 0 Å². The van der Waals surface area contributed by atoms with Crippen molar-refractivity contribution in [1.82, 2.24) is 10.6 Å². The summed E-state index contributed by atoms with van der Waals surface area (Å²) >= 11 is 0. The fourth-order valence-electron chi connectivity index (χ4n) is 1.79. The molecule has 7 heteroatoms. The van der Waals surface area contributed by atoms with E-state index in [4.69, 9.17) is 7.48 Å². The van der Waals surface area contributed by atoms with Gasteiger partial charge in [-0.3, -0.25) is 9.59 Å². The Hall–Kier alpha value is -1.18. The van der Waals surface area contributed by atoms with Crippen LogP contribution in [-0.2, 0) is 14.3 Å². The van der Waals surface area contributed by atoms with Crippen LogP contribution in [0.2, 0.25) is 0 Å². The van der Waals surface area contributed by atoms with Crippen LogP contribution in [0.15, 0.2) is 0 Å². The molecule has 1 fully saturated rings. The Morgan fingerprint density at radius 1 is 1.18 bits per heavy atom. The van der Waals surface area contributed by atoms with Gasteiger partial charge in [-0.05, 0) is 6.92 Å². The van der Waals surface area contributed by atoms with E-state index in [0.29, 0.717) is 0 Å². The fraction of sp³-hybridized carbons (Fsp3) is 0.800. The Morgan fingerprint density at radius 3 is 2.24 bits per heavy atom. The lowest BCUT2D eigenvalue weighted by atomic mass is 9.95. The van der Waals surface area contributed by atoms with Crippen LogP contribution in [0.3, 0.4) is 0 Å². The Bertz CT molecular complexity index is 314. The molecule has 5 atom stereocenters. The number of nitrogens with one attached hydrogen (secondary N) is 2. The normalized spacial score (nSPS) is 38.9. The second-order valence-electron chi connectivity index (χ2n) is 3.91. The first-order valence-corrected chi connectivity index (χ1v) is 5.09. The SMILES string of the molecule is [2H]CC(=O)N[C@H]1[C@H](O)[C@@H](NC(=O)C[2H])C(O)O[C@@H]1C. The first-order valence-electron chi connectivity index (χ1n) is 6.51. The van der Waals surface area contributed by atoms with E-state index in [2.05, 4.69) is 10.6 Å². The van der Waals surface area contributed by atoms with E-state index >= 15 is 0 Å². The van der Waals surface area contributed by atoms with Gasteiger partial charge in [-0.1, -0.05) is 0 Å². The number of carbonyl (C=O) groups excluding carboxylic acids is 2. The summed E-state index contributed by atoms with van der Waals surface area (Å²) in [5, 5.41) is 24.4. The minimum atomic E-state index is -1.43. The lowest BCUT2D eigenvalue weighted by Gasteiger charge is -2.42. The number of aliphatic hydroxyl groups excluding tert-OH is 2. The predicted octanol–water partition coefficient (Wildman–Crippen LogP) is -1.91. The van der Waals surface area contributed by atoms with E-state index < -0.39 is 56.2 Å². The zero-order valence-corrected chi connectivity index (χ0v) is 9.42. The first kappa shape index (κ1) is 10.9. The Labute approximate surface area is 102 Å². The van der Waals surface area contributed by atoms with Crippen LogP contribution < -0.4 is 10.6 Å². The molecule has 1 aliphatic rings. The third kappa shape index (κ3) is 3.39.